The Hall–Kier alpha value is -1.20. The molecular weight excluding hydrogens is 268 g/mol. The van der Waals surface area contributed by atoms with Crippen LogP contribution in [0.4, 0.5) is 0 Å². The minimum Gasteiger partial charge on any atom is -0.329 e. The van der Waals surface area contributed by atoms with E-state index in [0.29, 0.717) is 0 Å². The smallest absolute Gasteiger partial charge is 0.179 e. The fraction of sp³-hybridized carbons (Fsp3) is 0.600. The first-order chi connectivity index (χ1) is 9.66. The Morgan fingerprint density at radius 3 is 2.95 bits per heavy atom. The Kier molecular flexibility index (Phi) is 3.89. The van der Waals surface area contributed by atoms with Gasteiger partial charge in [-0.15, -0.1) is 0 Å². The highest BCUT2D eigenvalue weighted by molar-refractivity contribution is 7.71. The second kappa shape index (κ2) is 5.66. The standard InChI is InChI=1S/C15H22N4S/c1-11-7-8-16-14-13(11)17-15(20)19(14)10-9-18(2)12-5-3-4-6-12/h7-8,12H,3-6,9-10H2,1-2H3,(H,17,20). The molecule has 0 spiro atoms. The zero-order chi connectivity index (χ0) is 14.1. The van der Waals surface area contributed by atoms with Gasteiger partial charge in [-0.1, -0.05) is 12.8 Å². The molecule has 0 atom stereocenters. The van der Waals surface area contributed by atoms with Gasteiger partial charge >= 0.3 is 0 Å². The third-order valence-electron chi connectivity index (χ3n) is 4.50. The summed E-state index contributed by atoms with van der Waals surface area (Å²) in [6.07, 6.45) is 7.29. The summed E-state index contributed by atoms with van der Waals surface area (Å²) >= 11 is 5.45. The number of aromatic nitrogens is 3. The number of pyridine rings is 1. The number of hydrogen-bond acceptors (Lipinski definition) is 3. The van der Waals surface area contributed by atoms with E-state index >= 15 is 0 Å². The van der Waals surface area contributed by atoms with E-state index in [-0.39, 0.29) is 0 Å². The van der Waals surface area contributed by atoms with E-state index < -0.39 is 0 Å². The SMILES string of the molecule is Cc1ccnc2c1[nH]c(=S)n2CCN(C)C1CCCC1. The monoisotopic (exact) mass is 290 g/mol. The minimum atomic E-state index is 0.754. The van der Waals surface area contributed by atoms with Crippen molar-refractivity contribution in [1.82, 2.24) is 19.4 Å². The van der Waals surface area contributed by atoms with Crippen LogP contribution in [0.25, 0.3) is 11.2 Å². The lowest BCUT2D eigenvalue weighted by molar-refractivity contribution is 0.237. The number of likely N-dealkylation sites (N-methyl/N-ethyl adjacent to an activating group) is 1. The summed E-state index contributed by atoms with van der Waals surface area (Å²) in [6.45, 7) is 4.02. The predicted octanol–water partition coefficient (Wildman–Crippen LogP) is 3.28. The highest BCUT2D eigenvalue weighted by atomic mass is 32.1. The van der Waals surface area contributed by atoms with Crippen LogP contribution in [0.2, 0.25) is 0 Å². The maximum absolute atomic E-state index is 5.45. The molecule has 0 radical (unpaired) electrons. The average molecular weight is 290 g/mol. The number of imidazole rings is 1. The van der Waals surface area contributed by atoms with Gasteiger partial charge in [0.05, 0.1) is 5.52 Å². The number of rotatable bonds is 4. The van der Waals surface area contributed by atoms with Crippen molar-refractivity contribution in [1.29, 1.82) is 0 Å². The Balaban J connectivity index is 1.79. The van der Waals surface area contributed by atoms with Gasteiger partial charge in [-0.25, -0.2) is 4.98 Å². The Bertz CT molecular complexity index is 651. The number of aromatic amines is 1. The first-order valence-corrected chi connectivity index (χ1v) is 7.82. The first-order valence-electron chi connectivity index (χ1n) is 7.41. The number of nitrogens with zero attached hydrogens (tertiary/aromatic N) is 3. The van der Waals surface area contributed by atoms with Crippen molar-refractivity contribution in [3.8, 4) is 0 Å². The van der Waals surface area contributed by atoms with Crippen molar-refractivity contribution in [2.45, 2.75) is 45.2 Å². The summed E-state index contributed by atoms with van der Waals surface area (Å²) in [6, 6.07) is 2.77. The molecule has 20 heavy (non-hydrogen) atoms. The van der Waals surface area contributed by atoms with E-state index in [2.05, 4.69) is 33.4 Å². The van der Waals surface area contributed by atoms with E-state index in [1.165, 1.54) is 31.2 Å². The molecule has 2 aromatic heterocycles. The third-order valence-corrected chi connectivity index (χ3v) is 4.82. The van der Waals surface area contributed by atoms with Gasteiger partial charge in [-0.05, 0) is 50.7 Å². The molecule has 2 heterocycles. The minimum absolute atomic E-state index is 0.754. The first kappa shape index (κ1) is 13.8. The number of H-pyrrole nitrogens is 1. The third kappa shape index (κ3) is 2.52. The molecule has 0 aromatic carbocycles. The van der Waals surface area contributed by atoms with Gasteiger partial charge in [0.15, 0.2) is 10.4 Å². The summed E-state index contributed by atoms with van der Waals surface area (Å²) in [5.74, 6) is 0. The maximum atomic E-state index is 5.45. The van der Waals surface area contributed by atoms with E-state index in [1.54, 1.807) is 0 Å². The lowest BCUT2D eigenvalue weighted by Crippen LogP contribution is -2.32. The van der Waals surface area contributed by atoms with Gasteiger partial charge in [-0.2, -0.15) is 0 Å². The van der Waals surface area contributed by atoms with Crippen LogP contribution in [-0.4, -0.2) is 39.1 Å². The summed E-state index contributed by atoms with van der Waals surface area (Å²) in [5.41, 5.74) is 3.25. The molecule has 2 aromatic rings. The van der Waals surface area contributed by atoms with Crippen LogP contribution in [0.1, 0.15) is 31.2 Å². The molecule has 1 N–H and O–H groups in total. The van der Waals surface area contributed by atoms with Crippen LogP contribution in [0.3, 0.4) is 0 Å². The van der Waals surface area contributed by atoms with Crippen molar-refractivity contribution < 1.29 is 0 Å². The topological polar surface area (TPSA) is 36.9 Å². The van der Waals surface area contributed by atoms with E-state index in [0.717, 1.165) is 35.1 Å². The molecular formula is C15H22N4S. The number of hydrogen-bond donors (Lipinski definition) is 1. The Morgan fingerprint density at radius 2 is 2.20 bits per heavy atom. The number of fused-ring (bicyclic) bond motifs is 1. The molecule has 0 unspecified atom stereocenters. The molecule has 0 aliphatic heterocycles. The van der Waals surface area contributed by atoms with Crippen LogP contribution in [-0.2, 0) is 6.54 Å². The van der Waals surface area contributed by atoms with Crippen molar-refractivity contribution in [2.75, 3.05) is 13.6 Å². The van der Waals surface area contributed by atoms with Gasteiger partial charge in [0.1, 0.15) is 0 Å². The van der Waals surface area contributed by atoms with Gasteiger partial charge in [0.2, 0.25) is 0 Å². The van der Waals surface area contributed by atoms with Crippen molar-refractivity contribution in [3.05, 3.63) is 22.6 Å². The largest absolute Gasteiger partial charge is 0.329 e. The molecule has 1 aliphatic carbocycles. The second-order valence-electron chi connectivity index (χ2n) is 5.83. The summed E-state index contributed by atoms with van der Waals surface area (Å²) in [5, 5.41) is 0. The van der Waals surface area contributed by atoms with E-state index in [4.69, 9.17) is 12.2 Å². The molecule has 1 saturated carbocycles. The van der Waals surface area contributed by atoms with Crippen LogP contribution in [0, 0.1) is 11.7 Å². The zero-order valence-electron chi connectivity index (χ0n) is 12.2. The molecule has 0 amide bonds. The molecule has 108 valence electrons. The molecule has 0 bridgehead atoms. The quantitative estimate of drug-likeness (QED) is 0.878. The number of nitrogens with one attached hydrogen (secondary N) is 1. The fourth-order valence-corrected chi connectivity index (χ4v) is 3.45. The van der Waals surface area contributed by atoms with E-state index in [9.17, 15) is 0 Å². The van der Waals surface area contributed by atoms with Crippen LogP contribution in [0.5, 0.6) is 0 Å². The highest BCUT2D eigenvalue weighted by Crippen LogP contribution is 2.22. The fourth-order valence-electron chi connectivity index (χ4n) is 3.17. The Morgan fingerprint density at radius 1 is 1.45 bits per heavy atom. The normalized spacial score (nSPS) is 16.6. The van der Waals surface area contributed by atoms with Crippen molar-refractivity contribution in [3.63, 3.8) is 0 Å². The summed E-state index contributed by atoms with van der Waals surface area (Å²) < 4.78 is 2.91. The highest BCUT2D eigenvalue weighted by Gasteiger charge is 2.19. The summed E-state index contributed by atoms with van der Waals surface area (Å²) in [4.78, 5) is 10.2. The molecule has 0 saturated heterocycles. The molecule has 3 rings (SSSR count). The molecule has 5 heteroatoms. The second-order valence-corrected chi connectivity index (χ2v) is 6.21. The Labute approximate surface area is 124 Å². The number of aryl methyl sites for hydroxylation is 1. The lowest BCUT2D eigenvalue weighted by Gasteiger charge is -2.24. The summed E-state index contributed by atoms with van der Waals surface area (Å²) in [7, 11) is 2.23. The predicted molar refractivity (Wildman–Crippen MR) is 84.5 cm³/mol. The van der Waals surface area contributed by atoms with E-state index in [1.807, 2.05) is 12.3 Å². The molecule has 1 aliphatic rings. The van der Waals surface area contributed by atoms with Crippen molar-refractivity contribution in [2.24, 2.45) is 0 Å². The van der Waals surface area contributed by atoms with Crippen LogP contribution < -0.4 is 0 Å². The average Bonchev–Trinajstić information content (AvgIpc) is 3.05. The van der Waals surface area contributed by atoms with Gasteiger partial charge in [0, 0.05) is 25.3 Å². The molecule has 1 fully saturated rings. The maximum Gasteiger partial charge on any atom is 0.179 e. The van der Waals surface area contributed by atoms with Gasteiger partial charge < -0.3 is 14.5 Å². The molecule has 4 nitrogen and oxygen atoms in total. The lowest BCUT2D eigenvalue weighted by atomic mass is 10.2. The van der Waals surface area contributed by atoms with Crippen LogP contribution in [0.15, 0.2) is 12.3 Å². The van der Waals surface area contributed by atoms with Gasteiger partial charge in [-0.3, -0.25) is 0 Å². The van der Waals surface area contributed by atoms with Crippen LogP contribution >= 0.6 is 12.2 Å². The van der Waals surface area contributed by atoms with Gasteiger partial charge in [0.25, 0.3) is 0 Å². The van der Waals surface area contributed by atoms with Crippen molar-refractivity contribution >= 4 is 23.4 Å². The zero-order valence-corrected chi connectivity index (χ0v) is 13.0.